The Labute approximate surface area is 164 Å². The minimum Gasteiger partial charge on any atom is -0.355 e. The standard InChI is InChI=1S/C22H23N3O3/c1-14(17-8-10-19-18(13-17)9-12-21(27)25-19)24-20(26)11-5-15-3-6-16(7-4-15)22(28)23-2/h3-8,10-11,13-14H,9,12H2,1-2H3,(H,23,28)(H,24,26)(H,25,27). The SMILES string of the molecule is CNC(=O)c1ccc(C=CC(=O)NC(C)c2ccc3c(c2)CCC(=O)N3)cc1. The van der Waals surface area contributed by atoms with Crippen molar-refractivity contribution in [1.29, 1.82) is 0 Å². The highest BCUT2D eigenvalue weighted by Crippen LogP contribution is 2.26. The number of hydrogen-bond donors (Lipinski definition) is 3. The molecule has 6 nitrogen and oxygen atoms in total. The van der Waals surface area contributed by atoms with Gasteiger partial charge in [0, 0.05) is 30.8 Å². The molecule has 1 unspecified atom stereocenters. The summed E-state index contributed by atoms with van der Waals surface area (Å²) in [6.45, 7) is 1.92. The number of anilines is 1. The van der Waals surface area contributed by atoms with Crippen molar-refractivity contribution in [2.45, 2.75) is 25.8 Å². The Balaban J connectivity index is 1.60. The molecule has 0 aliphatic carbocycles. The van der Waals surface area contributed by atoms with Gasteiger partial charge in [0.25, 0.3) is 5.91 Å². The highest BCUT2D eigenvalue weighted by atomic mass is 16.2. The summed E-state index contributed by atoms with van der Waals surface area (Å²) in [5.41, 5.74) is 4.33. The van der Waals surface area contributed by atoms with Gasteiger partial charge in [0.05, 0.1) is 6.04 Å². The van der Waals surface area contributed by atoms with E-state index >= 15 is 0 Å². The normalized spacial score (nSPS) is 14.1. The molecule has 144 valence electrons. The van der Waals surface area contributed by atoms with Crippen molar-refractivity contribution >= 4 is 29.5 Å². The lowest BCUT2D eigenvalue weighted by Crippen LogP contribution is -2.25. The van der Waals surface area contributed by atoms with Crippen LogP contribution in [0.1, 0.15) is 46.4 Å². The smallest absolute Gasteiger partial charge is 0.251 e. The van der Waals surface area contributed by atoms with Crippen LogP contribution in [0, 0.1) is 0 Å². The fraction of sp³-hybridized carbons (Fsp3) is 0.227. The summed E-state index contributed by atoms with van der Waals surface area (Å²) in [6.07, 6.45) is 4.38. The second-order valence-corrected chi connectivity index (χ2v) is 6.73. The molecule has 28 heavy (non-hydrogen) atoms. The van der Waals surface area contributed by atoms with Crippen molar-refractivity contribution in [2.24, 2.45) is 0 Å². The Hall–Kier alpha value is -3.41. The largest absolute Gasteiger partial charge is 0.355 e. The van der Waals surface area contributed by atoms with Crippen LogP contribution in [0.2, 0.25) is 0 Å². The minimum atomic E-state index is -0.200. The van der Waals surface area contributed by atoms with E-state index in [0.717, 1.165) is 22.4 Å². The van der Waals surface area contributed by atoms with E-state index in [9.17, 15) is 14.4 Å². The van der Waals surface area contributed by atoms with Gasteiger partial charge in [-0.25, -0.2) is 0 Å². The first kappa shape index (κ1) is 19.4. The predicted molar refractivity (Wildman–Crippen MR) is 109 cm³/mol. The average molecular weight is 377 g/mol. The van der Waals surface area contributed by atoms with E-state index in [1.165, 1.54) is 6.08 Å². The maximum atomic E-state index is 12.2. The third kappa shape index (κ3) is 4.65. The second-order valence-electron chi connectivity index (χ2n) is 6.73. The maximum absolute atomic E-state index is 12.2. The monoisotopic (exact) mass is 377 g/mol. The summed E-state index contributed by atoms with van der Waals surface area (Å²) in [5, 5.41) is 8.37. The Morgan fingerprint density at radius 2 is 1.86 bits per heavy atom. The van der Waals surface area contributed by atoms with Gasteiger partial charge < -0.3 is 16.0 Å². The number of hydrogen-bond acceptors (Lipinski definition) is 3. The van der Waals surface area contributed by atoms with Crippen molar-refractivity contribution in [3.63, 3.8) is 0 Å². The van der Waals surface area contributed by atoms with Crippen LogP contribution in [-0.4, -0.2) is 24.8 Å². The van der Waals surface area contributed by atoms with Gasteiger partial charge in [-0.05, 0) is 54.3 Å². The van der Waals surface area contributed by atoms with E-state index in [-0.39, 0.29) is 23.8 Å². The van der Waals surface area contributed by atoms with Crippen LogP contribution in [0.4, 0.5) is 5.69 Å². The molecule has 0 bridgehead atoms. The molecule has 0 saturated carbocycles. The second kappa shape index (κ2) is 8.52. The van der Waals surface area contributed by atoms with Gasteiger partial charge >= 0.3 is 0 Å². The zero-order valence-electron chi connectivity index (χ0n) is 15.9. The molecule has 0 spiro atoms. The van der Waals surface area contributed by atoms with Crippen molar-refractivity contribution in [3.05, 3.63) is 70.8 Å². The van der Waals surface area contributed by atoms with E-state index in [1.54, 1.807) is 37.4 Å². The van der Waals surface area contributed by atoms with Crippen LogP contribution < -0.4 is 16.0 Å². The highest BCUT2D eigenvalue weighted by Gasteiger charge is 2.16. The van der Waals surface area contributed by atoms with Gasteiger partial charge in [0.15, 0.2) is 0 Å². The molecule has 0 fully saturated rings. The number of fused-ring (bicyclic) bond motifs is 1. The fourth-order valence-electron chi connectivity index (χ4n) is 3.08. The van der Waals surface area contributed by atoms with Crippen molar-refractivity contribution < 1.29 is 14.4 Å². The Kier molecular flexibility index (Phi) is 5.89. The lowest BCUT2D eigenvalue weighted by molar-refractivity contribution is -0.117. The maximum Gasteiger partial charge on any atom is 0.251 e. The number of amides is 3. The van der Waals surface area contributed by atoms with Crippen LogP contribution in [-0.2, 0) is 16.0 Å². The molecule has 0 aromatic heterocycles. The molecule has 1 heterocycles. The topological polar surface area (TPSA) is 87.3 Å². The van der Waals surface area contributed by atoms with Crippen molar-refractivity contribution in [1.82, 2.24) is 10.6 Å². The van der Waals surface area contributed by atoms with E-state index < -0.39 is 0 Å². The number of aryl methyl sites for hydroxylation is 1. The van der Waals surface area contributed by atoms with Crippen LogP contribution in [0.5, 0.6) is 0 Å². The summed E-state index contributed by atoms with van der Waals surface area (Å²) in [5.74, 6) is -0.310. The third-order valence-corrected chi connectivity index (χ3v) is 4.71. The molecule has 3 amide bonds. The quantitative estimate of drug-likeness (QED) is 0.700. The molecule has 1 aliphatic heterocycles. The molecule has 3 N–H and O–H groups in total. The fourth-order valence-corrected chi connectivity index (χ4v) is 3.08. The molecule has 3 rings (SSSR count). The number of benzene rings is 2. The Morgan fingerprint density at radius 1 is 1.11 bits per heavy atom. The first-order valence-electron chi connectivity index (χ1n) is 9.19. The van der Waals surface area contributed by atoms with E-state index in [0.29, 0.717) is 18.4 Å². The molecule has 2 aromatic rings. The average Bonchev–Trinajstić information content (AvgIpc) is 2.71. The number of rotatable bonds is 5. The van der Waals surface area contributed by atoms with Crippen LogP contribution >= 0.6 is 0 Å². The third-order valence-electron chi connectivity index (χ3n) is 4.71. The van der Waals surface area contributed by atoms with E-state index in [2.05, 4.69) is 16.0 Å². The summed E-state index contributed by atoms with van der Waals surface area (Å²) in [7, 11) is 1.58. The minimum absolute atomic E-state index is 0.0371. The van der Waals surface area contributed by atoms with Gasteiger partial charge in [-0.15, -0.1) is 0 Å². The first-order chi connectivity index (χ1) is 13.5. The highest BCUT2D eigenvalue weighted by molar-refractivity contribution is 5.95. The Morgan fingerprint density at radius 3 is 2.57 bits per heavy atom. The summed E-state index contributed by atoms with van der Waals surface area (Å²) >= 11 is 0. The number of carbonyl (C=O) groups excluding carboxylic acids is 3. The van der Waals surface area contributed by atoms with Crippen LogP contribution in [0.25, 0.3) is 6.08 Å². The van der Waals surface area contributed by atoms with Gasteiger partial charge in [0.1, 0.15) is 0 Å². The number of nitrogens with one attached hydrogen (secondary N) is 3. The zero-order chi connectivity index (χ0) is 20.1. The molecule has 0 radical (unpaired) electrons. The van der Waals surface area contributed by atoms with E-state index in [1.807, 2.05) is 25.1 Å². The molecule has 6 heteroatoms. The van der Waals surface area contributed by atoms with Gasteiger partial charge in [-0.2, -0.15) is 0 Å². The summed E-state index contributed by atoms with van der Waals surface area (Å²) < 4.78 is 0. The molecule has 0 saturated heterocycles. The molecular weight excluding hydrogens is 354 g/mol. The zero-order valence-corrected chi connectivity index (χ0v) is 15.9. The van der Waals surface area contributed by atoms with E-state index in [4.69, 9.17) is 0 Å². The molecule has 1 atom stereocenters. The van der Waals surface area contributed by atoms with Crippen molar-refractivity contribution in [2.75, 3.05) is 12.4 Å². The van der Waals surface area contributed by atoms with Crippen LogP contribution in [0.15, 0.2) is 48.5 Å². The lowest BCUT2D eigenvalue weighted by atomic mass is 9.98. The van der Waals surface area contributed by atoms with Crippen molar-refractivity contribution in [3.8, 4) is 0 Å². The predicted octanol–water partition coefficient (Wildman–Crippen LogP) is 2.82. The van der Waals surface area contributed by atoms with Gasteiger partial charge in [0.2, 0.25) is 11.8 Å². The number of carbonyl (C=O) groups is 3. The summed E-state index contributed by atoms with van der Waals surface area (Å²) in [6, 6.07) is 12.7. The van der Waals surface area contributed by atoms with Gasteiger partial charge in [-0.1, -0.05) is 24.3 Å². The first-order valence-corrected chi connectivity index (χ1v) is 9.19. The molecular formula is C22H23N3O3. The molecule has 2 aromatic carbocycles. The summed E-state index contributed by atoms with van der Waals surface area (Å²) in [4.78, 5) is 35.2. The lowest BCUT2D eigenvalue weighted by Gasteiger charge is -2.20. The Bertz CT molecular complexity index is 933. The molecule has 1 aliphatic rings. The van der Waals surface area contributed by atoms with Gasteiger partial charge in [-0.3, -0.25) is 14.4 Å². The van der Waals surface area contributed by atoms with Crippen LogP contribution in [0.3, 0.4) is 0 Å².